The van der Waals surface area contributed by atoms with Gasteiger partial charge in [0, 0.05) is 18.0 Å². The van der Waals surface area contributed by atoms with Crippen LogP contribution in [-0.4, -0.2) is 22.3 Å². The molecule has 1 aromatic heterocycles. The first-order valence-corrected chi connectivity index (χ1v) is 9.50. The Morgan fingerprint density at radius 1 is 1.24 bits per heavy atom. The number of para-hydroxylation sites is 1. The van der Waals surface area contributed by atoms with E-state index >= 15 is 0 Å². The van der Waals surface area contributed by atoms with Gasteiger partial charge in [-0.2, -0.15) is 0 Å². The number of carbonyl (C=O) groups excluding carboxylic acids is 1. The van der Waals surface area contributed by atoms with E-state index in [2.05, 4.69) is 11.9 Å². The number of nitrogens with one attached hydrogen (secondary N) is 1. The summed E-state index contributed by atoms with van der Waals surface area (Å²) >= 11 is 0. The summed E-state index contributed by atoms with van der Waals surface area (Å²) in [4.78, 5) is 30.4. The van der Waals surface area contributed by atoms with Gasteiger partial charge in [-0.15, -0.1) is 0 Å². The molecular formula is C21H28N2O2. The van der Waals surface area contributed by atoms with Gasteiger partial charge in [0.2, 0.25) is 5.91 Å². The van der Waals surface area contributed by atoms with Gasteiger partial charge in [-0.1, -0.05) is 44.4 Å². The minimum absolute atomic E-state index is 0.0839. The van der Waals surface area contributed by atoms with Crippen molar-refractivity contribution in [3.8, 4) is 0 Å². The molecule has 1 aliphatic rings. The molecule has 4 nitrogen and oxygen atoms in total. The molecule has 1 amide bonds. The van der Waals surface area contributed by atoms with Crippen molar-refractivity contribution in [2.24, 2.45) is 5.92 Å². The van der Waals surface area contributed by atoms with E-state index in [1.165, 1.54) is 6.42 Å². The van der Waals surface area contributed by atoms with Crippen molar-refractivity contribution in [1.82, 2.24) is 9.88 Å². The van der Waals surface area contributed by atoms with Crippen LogP contribution in [0.1, 0.15) is 56.6 Å². The first-order chi connectivity index (χ1) is 12.1. The van der Waals surface area contributed by atoms with Gasteiger partial charge in [-0.3, -0.25) is 9.59 Å². The molecule has 3 rings (SSSR count). The van der Waals surface area contributed by atoms with Crippen molar-refractivity contribution < 1.29 is 4.79 Å². The molecule has 0 bridgehead atoms. The maximum Gasteiger partial charge on any atom is 0.253 e. The average Bonchev–Trinajstić information content (AvgIpc) is 2.63. The Morgan fingerprint density at radius 3 is 2.72 bits per heavy atom. The third-order valence-corrected chi connectivity index (χ3v) is 5.29. The van der Waals surface area contributed by atoms with Crippen molar-refractivity contribution >= 4 is 16.8 Å². The van der Waals surface area contributed by atoms with Gasteiger partial charge >= 0.3 is 0 Å². The van der Waals surface area contributed by atoms with E-state index in [1.54, 1.807) is 0 Å². The number of H-pyrrole nitrogens is 1. The lowest BCUT2D eigenvalue weighted by molar-refractivity contribution is -0.137. The largest absolute Gasteiger partial charge is 0.338 e. The maximum atomic E-state index is 12.9. The lowest BCUT2D eigenvalue weighted by Gasteiger charge is -2.29. The molecule has 1 aliphatic carbocycles. The lowest BCUT2D eigenvalue weighted by Crippen LogP contribution is -2.38. The van der Waals surface area contributed by atoms with Crippen LogP contribution in [0.2, 0.25) is 0 Å². The van der Waals surface area contributed by atoms with E-state index in [-0.39, 0.29) is 17.4 Å². The molecule has 1 aromatic carbocycles. The summed E-state index contributed by atoms with van der Waals surface area (Å²) in [7, 11) is 0. The average molecular weight is 340 g/mol. The molecule has 0 radical (unpaired) electrons. The zero-order chi connectivity index (χ0) is 17.8. The summed E-state index contributed by atoms with van der Waals surface area (Å²) in [6.07, 6.45) is 6.42. The quantitative estimate of drug-likeness (QED) is 0.889. The highest BCUT2D eigenvalue weighted by molar-refractivity contribution is 5.82. The molecular weight excluding hydrogens is 312 g/mol. The van der Waals surface area contributed by atoms with E-state index in [0.29, 0.717) is 18.7 Å². The number of hydrogen-bond acceptors (Lipinski definition) is 2. The molecule has 0 saturated heterocycles. The number of amides is 1. The number of rotatable bonds is 5. The Hall–Kier alpha value is -2.10. The first-order valence-electron chi connectivity index (χ1n) is 9.50. The van der Waals surface area contributed by atoms with Crippen molar-refractivity contribution in [3.63, 3.8) is 0 Å². The standard InChI is InChI=1S/C21H28N2O2/c1-3-12-23(21(25)16-9-5-4-6-10-16)14-18-13-17-11-7-8-15(2)19(17)22-20(18)24/h7-8,11,13,16H,3-6,9-10,12,14H2,1-2H3,(H,22,24). The van der Waals surface area contributed by atoms with Gasteiger partial charge in [-0.25, -0.2) is 0 Å². The molecule has 0 spiro atoms. The number of aromatic amines is 1. The monoisotopic (exact) mass is 340 g/mol. The van der Waals surface area contributed by atoms with Crippen molar-refractivity contribution in [2.45, 2.75) is 58.9 Å². The number of hydrogen-bond donors (Lipinski definition) is 1. The molecule has 2 aromatic rings. The number of fused-ring (bicyclic) bond motifs is 1. The minimum atomic E-state index is -0.0839. The van der Waals surface area contributed by atoms with Crippen LogP contribution in [0.4, 0.5) is 0 Å². The fraction of sp³-hybridized carbons (Fsp3) is 0.524. The van der Waals surface area contributed by atoms with Gasteiger partial charge in [0.15, 0.2) is 0 Å². The van der Waals surface area contributed by atoms with E-state index in [4.69, 9.17) is 0 Å². The summed E-state index contributed by atoms with van der Waals surface area (Å²) in [5.74, 6) is 0.368. The number of benzene rings is 1. The molecule has 1 saturated carbocycles. The lowest BCUT2D eigenvalue weighted by atomic mass is 9.88. The van der Waals surface area contributed by atoms with Crippen LogP contribution in [0.5, 0.6) is 0 Å². The first kappa shape index (κ1) is 17.7. The van der Waals surface area contributed by atoms with Gasteiger partial charge in [0.1, 0.15) is 0 Å². The Balaban J connectivity index is 1.86. The van der Waals surface area contributed by atoms with Crippen molar-refractivity contribution in [1.29, 1.82) is 0 Å². The SMILES string of the molecule is CCCN(Cc1cc2cccc(C)c2[nH]c1=O)C(=O)C1CCCCC1. The Bertz CT molecular complexity index is 803. The maximum absolute atomic E-state index is 12.9. The van der Waals surface area contributed by atoms with Crippen LogP contribution in [0, 0.1) is 12.8 Å². The van der Waals surface area contributed by atoms with E-state index in [9.17, 15) is 9.59 Å². The molecule has 134 valence electrons. The highest BCUT2D eigenvalue weighted by atomic mass is 16.2. The number of aromatic nitrogens is 1. The number of carbonyl (C=O) groups is 1. The normalized spacial score (nSPS) is 15.4. The topological polar surface area (TPSA) is 53.2 Å². The number of nitrogens with zero attached hydrogens (tertiary/aromatic N) is 1. The smallest absolute Gasteiger partial charge is 0.253 e. The molecule has 0 unspecified atom stereocenters. The molecule has 1 fully saturated rings. The van der Waals surface area contributed by atoms with Crippen LogP contribution in [0.25, 0.3) is 10.9 Å². The van der Waals surface area contributed by atoms with Crippen LogP contribution in [-0.2, 0) is 11.3 Å². The van der Waals surface area contributed by atoms with Gasteiger partial charge in [-0.05, 0) is 43.2 Å². The van der Waals surface area contributed by atoms with Crippen molar-refractivity contribution in [2.75, 3.05) is 6.54 Å². The van der Waals surface area contributed by atoms with Crippen LogP contribution in [0.3, 0.4) is 0 Å². The van der Waals surface area contributed by atoms with E-state index < -0.39 is 0 Å². The highest BCUT2D eigenvalue weighted by Crippen LogP contribution is 2.26. The van der Waals surface area contributed by atoms with Crippen molar-refractivity contribution in [3.05, 3.63) is 45.7 Å². The Labute approximate surface area is 149 Å². The predicted octanol–water partition coefficient (Wildman–Crippen LogP) is 4.16. The van der Waals surface area contributed by atoms with E-state index in [0.717, 1.165) is 48.6 Å². The molecule has 25 heavy (non-hydrogen) atoms. The summed E-state index contributed by atoms with van der Waals surface area (Å²) in [6.45, 7) is 5.19. The fourth-order valence-corrected chi connectivity index (χ4v) is 3.90. The predicted molar refractivity (Wildman–Crippen MR) is 102 cm³/mol. The van der Waals surface area contributed by atoms with Crippen LogP contribution >= 0.6 is 0 Å². The molecule has 4 heteroatoms. The third kappa shape index (κ3) is 3.94. The Morgan fingerprint density at radius 2 is 2.00 bits per heavy atom. The van der Waals surface area contributed by atoms with Gasteiger partial charge in [0.25, 0.3) is 5.56 Å². The second kappa shape index (κ2) is 7.85. The second-order valence-electron chi connectivity index (χ2n) is 7.26. The summed E-state index contributed by atoms with van der Waals surface area (Å²) in [6, 6.07) is 7.94. The fourth-order valence-electron chi connectivity index (χ4n) is 3.90. The Kier molecular flexibility index (Phi) is 5.57. The minimum Gasteiger partial charge on any atom is -0.338 e. The van der Waals surface area contributed by atoms with Gasteiger partial charge in [0.05, 0.1) is 12.1 Å². The zero-order valence-electron chi connectivity index (χ0n) is 15.3. The molecule has 1 N–H and O–H groups in total. The van der Waals surface area contributed by atoms with Crippen LogP contribution < -0.4 is 5.56 Å². The molecule has 0 atom stereocenters. The number of pyridine rings is 1. The van der Waals surface area contributed by atoms with Crippen LogP contribution in [0.15, 0.2) is 29.1 Å². The van der Waals surface area contributed by atoms with E-state index in [1.807, 2.05) is 36.1 Å². The summed E-state index contributed by atoms with van der Waals surface area (Å²) in [5.41, 5.74) is 2.54. The molecule has 0 aliphatic heterocycles. The number of aryl methyl sites for hydroxylation is 1. The summed E-state index contributed by atoms with van der Waals surface area (Å²) in [5, 5.41) is 1.02. The third-order valence-electron chi connectivity index (χ3n) is 5.29. The van der Waals surface area contributed by atoms with Gasteiger partial charge < -0.3 is 9.88 Å². The molecule has 1 heterocycles. The highest BCUT2D eigenvalue weighted by Gasteiger charge is 2.26. The zero-order valence-corrected chi connectivity index (χ0v) is 15.3. The summed E-state index contributed by atoms with van der Waals surface area (Å²) < 4.78 is 0. The second-order valence-corrected chi connectivity index (χ2v) is 7.26.